The van der Waals surface area contributed by atoms with Crippen molar-refractivity contribution in [3.8, 4) is 0 Å². The lowest BCUT2D eigenvalue weighted by Crippen LogP contribution is -2.24. The molecule has 0 aromatic carbocycles. The van der Waals surface area contributed by atoms with Crippen LogP contribution in [0.25, 0.3) is 0 Å². The first kappa shape index (κ1) is 15.9. The lowest BCUT2D eigenvalue weighted by Gasteiger charge is -2.31. The van der Waals surface area contributed by atoms with Gasteiger partial charge >= 0.3 is 7.60 Å². The summed E-state index contributed by atoms with van der Waals surface area (Å²) in [7, 11) is -3.07. The van der Waals surface area contributed by atoms with E-state index in [1.165, 1.54) is 0 Å². The minimum Gasteiger partial charge on any atom is -0.303 e. The normalized spacial score (nSPS) is 14.7. The quantitative estimate of drug-likeness (QED) is 0.547. The van der Waals surface area contributed by atoms with Gasteiger partial charge in [-0.15, -0.1) is 0 Å². The molecular formula is C12H25O3P. The molecule has 0 aliphatic heterocycles. The van der Waals surface area contributed by atoms with E-state index in [0.29, 0.717) is 6.16 Å². The van der Waals surface area contributed by atoms with Crippen LogP contribution in [-0.2, 0) is 13.6 Å². The maximum atomic E-state index is 12.5. The average Bonchev–Trinajstić information content (AvgIpc) is 1.93. The molecule has 0 heterocycles. The molecule has 96 valence electrons. The van der Waals surface area contributed by atoms with E-state index < -0.39 is 18.8 Å². The van der Waals surface area contributed by atoms with Gasteiger partial charge in [-0.2, -0.15) is 0 Å². The summed E-state index contributed by atoms with van der Waals surface area (Å²) < 4.78 is 23.7. The molecule has 0 aromatic rings. The predicted molar refractivity (Wildman–Crippen MR) is 69.0 cm³/mol. The summed E-state index contributed by atoms with van der Waals surface area (Å²) >= 11 is 0. The zero-order valence-electron chi connectivity index (χ0n) is 11.5. The van der Waals surface area contributed by atoms with E-state index in [4.69, 9.17) is 9.05 Å². The highest BCUT2D eigenvalue weighted by atomic mass is 31.2. The van der Waals surface area contributed by atoms with Crippen molar-refractivity contribution in [3.05, 3.63) is 12.2 Å². The van der Waals surface area contributed by atoms with E-state index in [1.807, 2.05) is 60.6 Å². The summed E-state index contributed by atoms with van der Waals surface area (Å²) in [6.07, 6.45) is 3.99. The standard InChI is InChI=1S/C12H25O3P/c1-8-9-10-16(13,14-11(2,3)4)15-12(5,6)7/h8-9H,10H2,1-7H3/b9-8+. The highest BCUT2D eigenvalue weighted by Crippen LogP contribution is 2.54. The summed E-state index contributed by atoms with van der Waals surface area (Å²) in [6.45, 7) is 13.1. The Balaban J connectivity index is 4.83. The van der Waals surface area contributed by atoms with Gasteiger partial charge in [-0.05, 0) is 48.5 Å². The zero-order valence-corrected chi connectivity index (χ0v) is 12.4. The van der Waals surface area contributed by atoms with Crippen LogP contribution in [0.4, 0.5) is 0 Å². The van der Waals surface area contributed by atoms with E-state index in [9.17, 15) is 4.57 Å². The van der Waals surface area contributed by atoms with Crippen LogP contribution in [0.15, 0.2) is 12.2 Å². The van der Waals surface area contributed by atoms with Crippen LogP contribution >= 0.6 is 7.60 Å². The Morgan fingerprint density at radius 3 is 1.62 bits per heavy atom. The first-order valence-electron chi connectivity index (χ1n) is 5.59. The molecule has 0 aliphatic rings. The second-order valence-corrected chi connectivity index (χ2v) is 7.72. The molecule has 0 atom stereocenters. The Labute approximate surface area is 99.8 Å². The lowest BCUT2D eigenvalue weighted by molar-refractivity contribution is 0.0504. The van der Waals surface area contributed by atoms with E-state index in [1.54, 1.807) is 0 Å². The van der Waals surface area contributed by atoms with Gasteiger partial charge in [-0.1, -0.05) is 12.2 Å². The van der Waals surface area contributed by atoms with Crippen molar-refractivity contribution in [3.63, 3.8) is 0 Å². The maximum absolute atomic E-state index is 12.5. The van der Waals surface area contributed by atoms with Crippen molar-refractivity contribution in [1.29, 1.82) is 0 Å². The third-order valence-electron chi connectivity index (χ3n) is 1.39. The van der Waals surface area contributed by atoms with Crippen molar-refractivity contribution >= 4 is 7.60 Å². The molecule has 0 aromatic heterocycles. The van der Waals surface area contributed by atoms with Gasteiger partial charge in [0.25, 0.3) is 0 Å². The molecule has 0 N–H and O–H groups in total. The average molecular weight is 248 g/mol. The molecule has 4 heteroatoms. The molecule has 0 amide bonds. The Kier molecular flexibility index (Phi) is 5.45. The Hall–Kier alpha value is -0.110. The molecule has 16 heavy (non-hydrogen) atoms. The van der Waals surface area contributed by atoms with Gasteiger partial charge in [0.1, 0.15) is 0 Å². The molecule has 0 aliphatic carbocycles. The van der Waals surface area contributed by atoms with Crippen molar-refractivity contribution < 1.29 is 13.6 Å². The smallest absolute Gasteiger partial charge is 0.303 e. The van der Waals surface area contributed by atoms with Gasteiger partial charge in [0, 0.05) is 0 Å². The third kappa shape index (κ3) is 8.09. The zero-order chi connectivity index (χ0) is 13.0. The largest absolute Gasteiger partial charge is 0.335 e. The van der Waals surface area contributed by atoms with E-state index in [2.05, 4.69) is 0 Å². The van der Waals surface area contributed by atoms with Gasteiger partial charge in [-0.3, -0.25) is 4.57 Å². The Morgan fingerprint density at radius 1 is 1.00 bits per heavy atom. The second kappa shape index (κ2) is 5.48. The van der Waals surface area contributed by atoms with E-state index in [-0.39, 0.29) is 0 Å². The van der Waals surface area contributed by atoms with E-state index >= 15 is 0 Å². The number of allylic oxidation sites excluding steroid dienone is 2. The molecule has 0 saturated heterocycles. The summed E-state index contributed by atoms with van der Waals surface area (Å²) in [6, 6.07) is 0. The fourth-order valence-electron chi connectivity index (χ4n) is 1.16. The molecule has 3 nitrogen and oxygen atoms in total. The summed E-state index contributed by atoms with van der Waals surface area (Å²) in [5.74, 6) is 0. The molecule has 0 rings (SSSR count). The molecule has 0 radical (unpaired) electrons. The minimum absolute atomic E-state index is 0.317. The first-order valence-corrected chi connectivity index (χ1v) is 7.32. The maximum Gasteiger partial charge on any atom is 0.335 e. The molecule has 0 fully saturated rings. The fourth-order valence-corrected chi connectivity index (χ4v) is 3.49. The number of hydrogen-bond donors (Lipinski definition) is 0. The fraction of sp³-hybridized carbons (Fsp3) is 0.833. The summed E-state index contributed by atoms with van der Waals surface area (Å²) in [5, 5.41) is 0. The van der Waals surface area contributed by atoms with Gasteiger partial charge in [0.15, 0.2) is 0 Å². The van der Waals surface area contributed by atoms with Crippen LogP contribution in [0.5, 0.6) is 0 Å². The van der Waals surface area contributed by atoms with Crippen molar-refractivity contribution in [1.82, 2.24) is 0 Å². The second-order valence-electron chi connectivity index (χ2n) is 5.77. The van der Waals surface area contributed by atoms with Crippen molar-refractivity contribution in [2.75, 3.05) is 6.16 Å². The first-order chi connectivity index (χ1) is 6.97. The highest BCUT2D eigenvalue weighted by molar-refractivity contribution is 7.54. The predicted octanol–water partition coefficient (Wildman–Crippen LogP) is 4.39. The molecule has 0 bridgehead atoms. The van der Waals surface area contributed by atoms with Crippen LogP contribution in [-0.4, -0.2) is 17.4 Å². The van der Waals surface area contributed by atoms with Gasteiger partial charge in [0.2, 0.25) is 0 Å². The van der Waals surface area contributed by atoms with E-state index in [0.717, 1.165) is 0 Å². The van der Waals surface area contributed by atoms with Gasteiger partial charge < -0.3 is 9.05 Å². The minimum atomic E-state index is -3.07. The summed E-state index contributed by atoms with van der Waals surface area (Å²) in [5.41, 5.74) is -0.940. The van der Waals surface area contributed by atoms with Crippen molar-refractivity contribution in [2.24, 2.45) is 0 Å². The van der Waals surface area contributed by atoms with Gasteiger partial charge in [-0.25, -0.2) is 0 Å². The monoisotopic (exact) mass is 248 g/mol. The SMILES string of the molecule is C/C=C/CP(=O)(OC(C)(C)C)OC(C)(C)C. The number of hydrogen-bond acceptors (Lipinski definition) is 3. The summed E-state index contributed by atoms with van der Waals surface area (Å²) in [4.78, 5) is 0. The van der Waals surface area contributed by atoms with Crippen LogP contribution < -0.4 is 0 Å². The van der Waals surface area contributed by atoms with Crippen LogP contribution in [0.2, 0.25) is 0 Å². The van der Waals surface area contributed by atoms with Gasteiger partial charge in [0.05, 0.1) is 17.4 Å². The topological polar surface area (TPSA) is 35.5 Å². The van der Waals surface area contributed by atoms with Crippen LogP contribution in [0.3, 0.4) is 0 Å². The van der Waals surface area contributed by atoms with Crippen molar-refractivity contribution in [2.45, 2.75) is 59.7 Å². The van der Waals surface area contributed by atoms with Crippen LogP contribution in [0.1, 0.15) is 48.5 Å². The lowest BCUT2D eigenvalue weighted by atomic mass is 10.2. The molecule has 0 spiro atoms. The highest BCUT2D eigenvalue weighted by Gasteiger charge is 2.33. The Bertz CT molecular complexity index is 262. The Morgan fingerprint density at radius 2 is 1.38 bits per heavy atom. The number of rotatable bonds is 4. The molecule has 0 saturated carbocycles. The molecular weight excluding hydrogens is 223 g/mol. The third-order valence-corrected chi connectivity index (χ3v) is 3.70. The molecule has 0 unspecified atom stereocenters. The van der Waals surface area contributed by atoms with Crippen LogP contribution in [0, 0.1) is 0 Å².